The van der Waals surface area contributed by atoms with Crippen LogP contribution in [-0.2, 0) is 16.1 Å². The number of hydrogen-bond acceptors (Lipinski definition) is 7. The molecule has 3 aromatic rings. The number of nitro benzene ring substituents is 1. The topological polar surface area (TPSA) is 100 Å². The van der Waals surface area contributed by atoms with Gasteiger partial charge in [0.05, 0.1) is 22.1 Å². The monoisotopic (exact) mass is 478 g/mol. The summed E-state index contributed by atoms with van der Waals surface area (Å²) in [5, 5.41) is 11.0. The molecule has 0 bridgehead atoms. The molecular formula is C25H19ClN2O6. The molecule has 0 radical (unpaired) electrons. The van der Waals surface area contributed by atoms with Crippen molar-refractivity contribution in [1.82, 2.24) is 0 Å². The molecule has 8 nitrogen and oxygen atoms in total. The Balaban J connectivity index is 1.57. The fraction of sp³-hybridized carbons (Fsp3) is 0.120. The predicted octanol–water partition coefficient (Wildman–Crippen LogP) is 5.57. The number of aliphatic imine (C=N–C) groups is 1. The summed E-state index contributed by atoms with van der Waals surface area (Å²) >= 11 is 6.13. The zero-order valence-electron chi connectivity index (χ0n) is 18.1. The van der Waals surface area contributed by atoms with Crippen LogP contribution >= 0.6 is 11.6 Å². The van der Waals surface area contributed by atoms with E-state index in [9.17, 15) is 14.9 Å². The predicted molar refractivity (Wildman–Crippen MR) is 127 cm³/mol. The first-order chi connectivity index (χ1) is 16.4. The highest BCUT2D eigenvalue weighted by Crippen LogP contribution is 2.31. The summed E-state index contributed by atoms with van der Waals surface area (Å²) in [6.07, 6.45) is 1.55. The molecular weight excluding hydrogens is 460 g/mol. The third-order valence-electron chi connectivity index (χ3n) is 4.82. The summed E-state index contributed by atoms with van der Waals surface area (Å²) in [5.74, 6) is 0.418. The Morgan fingerprint density at radius 3 is 2.56 bits per heavy atom. The van der Waals surface area contributed by atoms with Gasteiger partial charge in [-0.2, -0.15) is 0 Å². The van der Waals surface area contributed by atoms with Crippen molar-refractivity contribution in [3.05, 3.63) is 104 Å². The van der Waals surface area contributed by atoms with Gasteiger partial charge in [-0.15, -0.1) is 0 Å². The molecule has 0 spiro atoms. The maximum atomic E-state index is 12.4. The average molecular weight is 479 g/mol. The summed E-state index contributed by atoms with van der Waals surface area (Å²) in [6.45, 7) is 2.69. The number of cyclic esters (lactones) is 1. The number of ether oxygens (including phenoxy) is 3. The molecule has 4 rings (SSSR count). The van der Waals surface area contributed by atoms with Crippen LogP contribution in [0.1, 0.15) is 23.6 Å². The Labute approximate surface area is 200 Å². The van der Waals surface area contributed by atoms with E-state index in [1.165, 1.54) is 18.2 Å². The lowest BCUT2D eigenvalue weighted by atomic mass is 10.1. The van der Waals surface area contributed by atoms with Crippen LogP contribution in [-0.4, -0.2) is 23.4 Å². The number of benzene rings is 3. The van der Waals surface area contributed by atoms with Gasteiger partial charge in [-0.3, -0.25) is 10.1 Å². The van der Waals surface area contributed by atoms with Gasteiger partial charge in [-0.05, 0) is 42.3 Å². The Morgan fingerprint density at radius 1 is 1.06 bits per heavy atom. The van der Waals surface area contributed by atoms with Gasteiger partial charge < -0.3 is 14.2 Å². The van der Waals surface area contributed by atoms with Gasteiger partial charge in [0.1, 0.15) is 6.61 Å². The number of non-ortho nitro benzene ring substituents is 1. The van der Waals surface area contributed by atoms with E-state index in [0.717, 1.165) is 5.56 Å². The van der Waals surface area contributed by atoms with Gasteiger partial charge in [0.15, 0.2) is 17.2 Å². The second kappa shape index (κ2) is 10.2. The maximum Gasteiger partial charge on any atom is 0.363 e. The van der Waals surface area contributed by atoms with Crippen molar-refractivity contribution < 1.29 is 23.9 Å². The standard InChI is InChI=1S/C25H19ClN2O6/c1-2-32-23-13-17(8-11-22(23)33-15-16-6-4-3-5-7-16)12-21-25(29)34-24(27-21)19-10-9-18(28(30)31)14-20(19)26/h3-14H,2,15H2,1H3/b21-12-. The van der Waals surface area contributed by atoms with E-state index in [4.69, 9.17) is 25.8 Å². The lowest BCUT2D eigenvalue weighted by molar-refractivity contribution is -0.384. The number of hydrogen-bond donors (Lipinski definition) is 0. The minimum atomic E-state index is -0.660. The molecule has 0 aliphatic carbocycles. The van der Waals surface area contributed by atoms with Gasteiger partial charge in [0, 0.05) is 12.1 Å². The molecule has 0 atom stereocenters. The number of halogens is 1. The molecule has 0 saturated heterocycles. The van der Waals surface area contributed by atoms with Crippen LogP contribution in [0.15, 0.2) is 77.4 Å². The summed E-state index contributed by atoms with van der Waals surface area (Å²) in [4.78, 5) is 26.9. The second-order valence-electron chi connectivity index (χ2n) is 7.17. The SMILES string of the molecule is CCOc1cc(/C=C2\N=C(c3ccc([N+](=O)[O-])cc3Cl)OC2=O)ccc1OCc1ccccc1. The van der Waals surface area contributed by atoms with Crippen LogP contribution in [0.3, 0.4) is 0 Å². The van der Waals surface area contributed by atoms with Crippen molar-refractivity contribution in [1.29, 1.82) is 0 Å². The zero-order chi connectivity index (χ0) is 24.1. The van der Waals surface area contributed by atoms with Crippen molar-refractivity contribution >= 4 is 35.2 Å². The highest BCUT2D eigenvalue weighted by molar-refractivity contribution is 6.34. The van der Waals surface area contributed by atoms with Crippen LogP contribution in [0.5, 0.6) is 11.5 Å². The largest absolute Gasteiger partial charge is 0.490 e. The normalized spacial score (nSPS) is 14.0. The van der Waals surface area contributed by atoms with Crippen molar-refractivity contribution in [2.24, 2.45) is 4.99 Å². The van der Waals surface area contributed by atoms with Crippen molar-refractivity contribution in [2.75, 3.05) is 6.61 Å². The number of nitro groups is 1. The van der Waals surface area contributed by atoms with E-state index in [-0.39, 0.29) is 27.9 Å². The van der Waals surface area contributed by atoms with Crippen molar-refractivity contribution in [3.8, 4) is 11.5 Å². The number of esters is 1. The summed E-state index contributed by atoms with van der Waals surface area (Å²) in [7, 11) is 0. The van der Waals surface area contributed by atoms with Gasteiger partial charge in [0.25, 0.3) is 5.69 Å². The molecule has 9 heteroatoms. The van der Waals surface area contributed by atoms with E-state index in [0.29, 0.717) is 30.3 Å². The summed E-state index contributed by atoms with van der Waals surface area (Å²) < 4.78 is 16.9. The lowest BCUT2D eigenvalue weighted by Crippen LogP contribution is -2.06. The molecule has 0 saturated carbocycles. The molecule has 0 fully saturated rings. The molecule has 172 valence electrons. The van der Waals surface area contributed by atoms with Gasteiger partial charge in [0.2, 0.25) is 5.90 Å². The van der Waals surface area contributed by atoms with Crippen LogP contribution in [0, 0.1) is 10.1 Å². The fourth-order valence-corrected chi connectivity index (χ4v) is 3.47. The Kier molecular flexibility index (Phi) is 6.89. The smallest absolute Gasteiger partial charge is 0.363 e. The van der Waals surface area contributed by atoms with Crippen molar-refractivity contribution in [2.45, 2.75) is 13.5 Å². The number of nitrogens with zero attached hydrogens (tertiary/aromatic N) is 2. The molecule has 1 heterocycles. The molecule has 1 aliphatic heterocycles. The second-order valence-corrected chi connectivity index (χ2v) is 7.58. The molecule has 0 unspecified atom stereocenters. The quantitative estimate of drug-likeness (QED) is 0.181. The number of rotatable bonds is 8. The van der Waals surface area contributed by atoms with E-state index in [1.54, 1.807) is 24.3 Å². The molecule has 0 N–H and O–H groups in total. The highest BCUT2D eigenvalue weighted by atomic mass is 35.5. The van der Waals surface area contributed by atoms with E-state index >= 15 is 0 Å². The van der Waals surface area contributed by atoms with Crippen LogP contribution < -0.4 is 9.47 Å². The first-order valence-corrected chi connectivity index (χ1v) is 10.7. The highest BCUT2D eigenvalue weighted by Gasteiger charge is 2.26. The Bertz CT molecular complexity index is 1300. The maximum absolute atomic E-state index is 12.4. The average Bonchev–Trinajstić information content (AvgIpc) is 3.19. The zero-order valence-corrected chi connectivity index (χ0v) is 18.8. The van der Waals surface area contributed by atoms with E-state index in [2.05, 4.69) is 4.99 Å². The minimum Gasteiger partial charge on any atom is -0.490 e. The fourth-order valence-electron chi connectivity index (χ4n) is 3.21. The molecule has 0 aromatic heterocycles. The first kappa shape index (κ1) is 23.0. The first-order valence-electron chi connectivity index (χ1n) is 10.3. The van der Waals surface area contributed by atoms with Gasteiger partial charge in [-0.1, -0.05) is 48.0 Å². The molecule has 0 amide bonds. The molecule has 1 aliphatic rings. The third-order valence-corrected chi connectivity index (χ3v) is 5.14. The minimum absolute atomic E-state index is 0.0241. The van der Waals surface area contributed by atoms with Gasteiger partial charge in [-0.25, -0.2) is 9.79 Å². The van der Waals surface area contributed by atoms with Gasteiger partial charge >= 0.3 is 5.97 Å². The van der Waals surface area contributed by atoms with Crippen molar-refractivity contribution in [3.63, 3.8) is 0 Å². The lowest BCUT2D eigenvalue weighted by Gasteiger charge is -2.12. The number of carbonyl (C=O) groups is 1. The van der Waals surface area contributed by atoms with Crippen LogP contribution in [0.2, 0.25) is 5.02 Å². The molecule has 3 aromatic carbocycles. The molecule has 34 heavy (non-hydrogen) atoms. The van der Waals surface area contributed by atoms with Crippen LogP contribution in [0.4, 0.5) is 5.69 Å². The van der Waals surface area contributed by atoms with E-state index < -0.39 is 10.9 Å². The van der Waals surface area contributed by atoms with Crippen LogP contribution in [0.25, 0.3) is 6.08 Å². The Morgan fingerprint density at radius 2 is 1.85 bits per heavy atom. The number of carbonyl (C=O) groups excluding carboxylic acids is 1. The summed E-state index contributed by atoms with van der Waals surface area (Å²) in [6, 6.07) is 18.9. The van der Waals surface area contributed by atoms with E-state index in [1.807, 2.05) is 37.3 Å². The Hall–Kier alpha value is -4.17. The third kappa shape index (κ3) is 5.24. The summed E-state index contributed by atoms with van der Waals surface area (Å²) in [5.41, 5.74) is 1.85.